The Morgan fingerprint density at radius 3 is 2.67 bits per heavy atom. The van der Waals surface area contributed by atoms with E-state index in [-0.39, 0.29) is 11.9 Å². The molecule has 0 radical (unpaired) electrons. The quantitative estimate of drug-likeness (QED) is 0.754. The van der Waals surface area contributed by atoms with Crippen molar-refractivity contribution in [1.82, 2.24) is 10.3 Å². The largest absolute Gasteiger partial charge is 0.310 e. The van der Waals surface area contributed by atoms with Crippen molar-refractivity contribution >= 4 is 0 Å². The number of halogens is 1. The zero-order valence-corrected chi connectivity index (χ0v) is 11.7. The van der Waals surface area contributed by atoms with Crippen molar-refractivity contribution in [3.05, 3.63) is 29.8 Å². The fourth-order valence-electron chi connectivity index (χ4n) is 2.24. The first-order valence-corrected chi connectivity index (χ1v) is 7.02. The molecule has 0 aliphatic carbocycles. The van der Waals surface area contributed by atoms with Crippen LogP contribution in [-0.2, 0) is 0 Å². The minimum Gasteiger partial charge on any atom is -0.310 e. The topological polar surface area (TPSA) is 24.9 Å². The Morgan fingerprint density at radius 2 is 2.06 bits per heavy atom. The summed E-state index contributed by atoms with van der Waals surface area (Å²) in [7, 11) is 0. The van der Waals surface area contributed by atoms with E-state index < -0.39 is 0 Å². The van der Waals surface area contributed by atoms with E-state index in [0.717, 1.165) is 24.9 Å². The van der Waals surface area contributed by atoms with Crippen molar-refractivity contribution in [3.8, 4) is 0 Å². The van der Waals surface area contributed by atoms with Gasteiger partial charge in [-0.2, -0.15) is 0 Å². The predicted octanol–water partition coefficient (Wildman–Crippen LogP) is 4.09. The van der Waals surface area contributed by atoms with Crippen molar-refractivity contribution in [1.29, 1.82) is 0 Å². The molecule has 2 atom stereocenters. The summed E-state index contributed by atoms with van der Waals surface area (Å²) in [6.07, 6.45) is 7.70. The third-order valence-corrected chi connectivity index (χ3v) is 3.28. The molecule has 0 aromatic carbocycles. The van der Waals surface area contributed by atoms with Gasteiger partial charge < -0.3 is 5.32 Å². The van der Waals surface area contributed by atoms with Crippen LogP contribution < -0.4 is 5.32 Å². The van der Waals surface area contributed by atoms with Crippen LogP contribution in [0.15, 0.2) is 18.5 Å². The van der Waals surface area contributed by atoms with Gasteiger partial charge in [0.05, 0.1) is 6.20 Å². The van der Waals surface area contributed by atoms with Gasteiger partial charge in [-0.3, -0.25) is 4.98 Å². The molecule has 0 aliphatic heterocycles. The molecular formula is C15H25FN2. The SMILES string of the molecule is CCCCC(C)C(NCCC)c1cncc(F)c1. The fraction of sp³-hybridized carbons (Fsp3) is 0.667. The maximum absolute atomic E-state index is 13.3. The Bertz CT molecular complexity index is 341. The number of hydrogen-bond acceptors (Lipinski definition) is 2. The van der Waals surface area contributed by atoms with E-state index in [4.69, 9.17) is 0 Å². The van der Waals surface area contributed by atoms with E-state index in [1.165, 1.54) is 19.0 Å². The standard InChI is InChI=1S/C15H25FN2/c1-4-6-7-12(3)15(18-8-5-2)13-9-14(16)11-17-10-13/h9-12,15,18H,4-8H2,1-3H3. The van der Waals surface area contributed by atoms with E-state index in [9.17, 15) is 4.39 Å². The van der Waals surface area contributed by atoms with Crippen molar-refractivity contribution < 1.29 is 4.39 Å². The lowest BCUT2D eigenvalue weighted by molar-refractivity contribution is 0.356. The smallest absolute Gasteiger partial charge is 0.141 e. The predicted molar refractivity (Wildman–Crippen MR) is 73.9 cm³/mol. The first kappa shape index (κ1) is 15.1. The maximum atomic E-state index is 13.3. The molecule has 18 heavy (non-hydrogen) atoms. The molecule has 0 bridgehead atoms. The highest BCUT2D eigenvalue weighted by Crippen LogP contribution is 2.26. The molecule has 1 aromatic heterocycles. The van der Waals surface area contributed by atoms with Crippen molar-refractivity contribution in [2.75, 3.05) is 6.54 Å². The summed E-state index contributed by atoms with van der Waals surface area (Å²) in [5.41, 5.74) is 0.965. The zero-order valence-electron chi connectivity index (χ0n) is 11.7. The lowest BCUT2D eigenvalue weighted by atomic mass is 9.91. The Hall–Kier alpha value is -0.960. The van der Waals surface area contributed by atoms with Crippen molar-refractivity contribution in [2.45, 2.75) is 52.5 Å². The number of rotatable bonds is 8. The van der Waals surface area contributed by atoms with Crippen molar-refractivity contribution in [3.63, 3.8) is 0 Å². The average molecular weight is 252 g/mol. The maximum Gasteiger partial charge on any atom is 0.141 e. The van der Waals surface area contributed by atoms with Crippen LogP contribution in [0.25, 0.3) is 0 Å². The lowest BCUT2D eigenvalue weighted by Crippen LogP contribution is -2.28. The Labute approximate surface area is 110 Å². The van der Waals surface area contributed by atoms with Gasteiger partial charge in [-0.1, -0.05) is 33.6 Å². The molecule has 0 fully saturated rings. The monoisotopic (exact) mass is 252 g/mol. The summed E-state index contributed by atoms with van der Waals surface area (Å²) < 4.78 is 13.3. The van der Waals surface area contributed by atoms with Gasteiger partial charge >= 0.3 is 0 Å². The van der Waals surface area contributed by atoms with Gasteiger partial charge in [0.2, 0.25) is 0 Å². The van der Waals surface area contributed by atoms with E-state index in [2.05, 4.69) is 31.1 Å². The van der Waals surface area contributed by atoms with Gasteiger partial charge in [0.25, 0.3) is 0 Å². The first-order chi connectivity index (χ1) is 8.69. The minimum absolute atomic E-state index is 0.208. The molecule has 1 aromatic rings. The van der Waals surface area contributed by atoms with E-state index in [1.807, 2.05) is 0 Å². The van der Waals surface area contributed by atoms with E-state index in [0.29, 0.717) is 5.92 Å². The minimum atomic E-state index is -0.251. The van der Waals surface area contributed by atoms with Gasteiger partial charge in [-0.25, -0.2) is 4.39 Å². The molecule has 1 heterocycles. The summed E-state index contributed by atoms with van der Waals surface area (Å²) in [4.78, 5) is 3.96. The summed E-state index contributed by atoms with van der Waals surface area (Å²) in [6.45, 7) is 7.53. The first-order valence-electron chi connectivity index (χ1n) is 7.02. The highest BCUT2D eigenvalue weighted by atomic mass is 19.1. The number of nitrogens with zero attached hydrogens (tertiary/aromatic N) is 1. The normalized spacial score (nSPS) is 14.4. The second-order valence-electron chi connectivity index (χ2n) is 4.99. The van der Waals surface area contributed by atoms with Crippen LogP contribution >= 0.6 is 0 Å². The number of pyridine rings is 1. The second-order valence-corrected chi connectivity index (χ2v) is 4.99. The Kier molecular flexibility index (Phi) is 6.88. The molecule has 1 N–H and O–H groups in total. The molecule has 1 rings (SSSR count). The Balaban J connectivity index is 2.76. The van der Waals surface area contributed by atoms with E-state index in [1.54, 1.807) is 12.3 Å². The second kappa shape index (κ2) is 8.20. The Morgan fingerprint density at radius 1 is 1.28 bits per heavy atom. The molecule has 0 saturated heterocycles. The number of hydrogen-bond donors (Lipinski definition) is 1. The lowest BCUT2D eigenvalue weighted by Gasteiger charge is -2.25. The highest BCUT2D eigenvalue weighted by Gasteiger charge is 2.18. The summed E-state index contributed by atoms with van der Waals surface area (Å²) in [6, 6.07) is 1.81. The molecule has 0 spiro atoms. The van der Waals surface area contributed by atoms with Crippen molar-refractivity contribution in [2.24, 2.45) is 5.92 Å². The average Bonchev–Trinajstić information content (AvgIpc) is 2.37. The van der Waals surface area contributed by atoms with E-state index >= 15 is 0 Å². The van der Waals surface area contributed by atoms with Crippen LogP contribution in [0.2, 0.25) is 0 Å². The van der Waals surface area contributed by atoms with Crippen LogP contribution in [0.5, 0.6) is 0 Å². The summed E-state index contributed by atoms with van der Waals surface area (Å²) >= 11 is 0. The molecule has 0 aliphatic rings. The highest BCUT2D eigenvalue weighted by molar-refractivity contribution is 5.16. The van der Waals surface area contributed by atoms with Crippen LogP contribution in [-0.4, -0.2) is 11.5 Å². The van der Waals surface area contributed by atoms with Gasteiger partial charge in [0.15, 0.2) is 0 Å². The molecule has 0 saturated carbocycles. The van der Waals surface area contributed by atoms with Crippen LogP contribution in [0.1, 0.15) is 58.1 Å². The third kappa shape index (κ3) is 4.73. The van der Waals surface area contributed by atoms with Crippen LogP contribution in [0.3, 0.4) is 0 Å². The number of nitrogens with one attached hydrogen (secondary N) is 1. The fourth-order valence-corrected chi connectivity index (χ4v) is 2.24. The molecule has 3 heteroatoms. The van der Waals surface area contributed by atoms with Gasteiger partial charge in [-0.15, -0.1) is 0 Å². The van der Waals surface area contributed by atoms with Gasteiger partial charge in [0.1, 0.15) is 5.82 Å². The zero-order chi connectivity index (χ0) is 13.4. The molecule has 2 unspecified atom stereocenters. The van der Waals surface area contributed by atoms with Gasteiger partial charge in [0, 0.05) is 12.2 Å². The molecular weight excluding hydrogens is 227 g/mol. The summed E-state index contributed by atoms with van der Waals surface area (Å²) in [5.74, 6) is 0.249. The van der Waals surface area contributed by atoms with Crippen LogP contribution in [0.4, 0.5) is 4.39 Å². The number of aromatic nitrogens is 1. The van der Waals surface area contributed by atoms with Crippen LogP contribution in [0, 0.1) is 11.7 Å². The third-order valence-electron chi connectivity index (χ3n) is 3.28. The number of unbranched alkanes of at least 4 members (excludes halogenated alkanes) is 1. The summed E-state index contributed by atoms with van der Waals surface area (Å²) in [5, 5.41) is 3.51. The molecule has 102 valence electrons. The van der Waals surface area contributed by atoms with Gasteiger partial charge in [-0.05, 0) is 36.9 Å². The molecule has 2 nitrogen and oxygen atoms in total. The molecule has 0 amide bonds.